The molecule has 12 nitrogen and oxygen atoms in total. The molecule has 0 atom stereocenters. The predicted molar refractivity (Wildman–Crippen MR) is 92.6 cm³/mol. The molecule has 136 valence electrons. The summed E-state index contributed by atoms with van der Waals surface area (Å²) in [5.41, 5.74) is 1.12. The number of phenolic OH excluding ortho intramolecular Hbond substituents is 1. The maximum Gasteiger partial charge on any atom is 0.318 e. The number of hydrogen-bond acceptors (Lipinski definition) is 8. The average Bonchev–Trinajstić information content (AvgIpc) is 3.04. The molecule has 0 bridgehead atoms. The third kappa shape index (κ3) is 3.53. The molecule has 1 heterocycles. The first-order chi connectivity index (χ1) is 12.9. The van der Waals surface area contributed by atoms with E-state index in [1.54, 1.807) is 24.3 Å². The molecule has 3 rings (SSSR count). The quantitative estimate of drug-likeness (QED) is 0.348. The van der Waals surface area contributed by atoms with Crippen LogP contribution < -0.4 is 5.43 Å². The molecule has 0 aliphatic rings. The zero-order chi connectivity index (χ0) is 19.6. The van der Waals surface area contributed by atoms with Gasteiger partial charge in [-0.1, -0.05) is 12.1 Å². The van der Waals surface area contributed by atoms with Crippen molar-refractivity contribution < 1.29 is 19.7 Å². The minimum Gasteiger partial charge on any atom is -0.502 e. The van der Waals surface area contributed by atoms with Crippen LogP contribution in [0, 0.1) is 20.2 Å². The van der Waals surface area contributed by atoms with E-state index in [0.717, 1.165) is 5.52 Å². The van der Waals surface area contributed by atoms with Crippen LogP contribution in [0.2, 0.25) is 0 Å². The highest BCUT2D eigenvalue weighted by Crippen LogP contribution is 2.34. The Hall–Kier alpha value is -4.35. The van der Waals surface area contributed by atoms with Crippen LogP contribution in [0.1, 0.15) is 16.2 Å². The standard InChI is InChI=1S/C15H10N6O6/c22-14-9(5-8(20(24)25)6-12(14)21(26)27)15(23)19-16-7-13-17-10-3-1-2-4-11(10)18-13/h1-7,22H,(H,17,18)(H,19,23)/b16-7+. The van der Waals surface area contributed by atoms with Crippen LogP contribution in [0.3, 0.4) is 0 Å². The van der Waals surface area contributed by atoms with Crippen molar-refractivity contribution in [2.75, 3.05) is 0 Å². The maximum absolute atomic E-state index is 12.1. The maximum atomic E-state index is 12.1. The number of nitro benzene ring substituents is 2. The summed E-state index contributed by atoms with van der Waals surface area (Å²) in [6.07, 6.45) is 1.18. The van der Waals surface area contributed by atoms with Gasteiger partial charge in [-0.3, -0.25) is 25.0 Å². The highest BCUT2D eigenvalue weighted by Gasteiger charge is 2.27. The van der Waals surface area contributed by atoms with E-state index in [4.69, 9.17) is 0 Å². The van der Waals surface area contributed by atoms with E-state index in [2.05, 4.69) is 15.1 Å². The molecule has 0 saturated heterocycles. The van der Waals surface area contributed by atoms with E-state index < -0.39 is 38.4 Å². The number of amides is 1. The number of para-hydroxylation sites is 2. The van der Waals surface area contributed by atoms with Gasteiger partial charge in [0.2, 0.25) is 5.75 Å². The molecule has 3 N–H and O–H groups in total. The number of hydrogen-bond donors (Lipinski definition) is 3. The molecule has 1 aromatic heterocycles. The van der Waals surface area contributed by atoms with Crippen LogP contribution in [-0.4, -0.2) is 37.0 Å². The van der Waals surface area contributed by atoms with E-state index in [1.165, 1.54) is 6.21 Å². The molecule has 2 aromatic carbocycles. The van der Waals surface area contributed by atoms with Gasteiger partial charge in [0, 0.05) is 6.07 Å². The zero-order valence-electron chi connectivity index (χ0n) is 13.3. The summed E-state index contributed by atoms with van der Waals surface area (Å²) in [7, 11) is 0. The number of aromatic amines is 1. The Kier molecular flexibility index (Phi) is 4.45. The topological polar surface area (TPSA) is 177 Å². The van der Waals surface area contributed by atoms with Crippen molar-refractivity contribution in [3.05, 3.63) is 68.0 Å². The van der Waals surface area contributed by atoms with Crippen molar-refractivity contribution >= 4 is 34.5 Å². The van der Waals surface area contributed by atoms with Gasteiger partial charge in [-0.05, 0) is 12.1 Å². The number of aromatic nitrogens is 2. The summed E-state index contributed by atoms with van der Waals surface area (Å²) in [6.45, 7) is 0. The monoisotopic (exact) mass is 370 g/mol. The Morgan fingerprint density at radius 3 is 2.63 bits per heavy atom. The van der Waals surface area contributed by atoms with Crippen LogP contribution >= 0.6 is 0 Å². The molecule has 0 spiro atoms. The number of non-ortho nitro benzene ring substituents is 1. The Morgan fingerprint density at radius 1 is 1.22 bits per heavy atom. The van der Waals surface area contributed by atoms with Gasteiger partial charge in [-0.2, -0.15) is 5.10 Å². The largest absolute Gasteiger partial charge is 0.502 e. The molecule has 0 saturated carbocycles. The first kappa shape index (κ1) is 17.5. The Morgan fingerprint density at radius 2 is 1.96 bits per heavy atom. The lowest BCUT2D eigenvalue weighted by atomic mass is 10.1. The number of nitro groups is 2. The van der Waals surface area contributed by atoms with Crippen LogP contribution in [0.5, 0.6) is 5.75 Å². The molecular formula is C15H10N6O6. The molecule has 3 aromatic rings. The summed E-state index contributed by atoms with van der Waals surface area (Å²) >= 11 is 0. The van der Waals surface area contributed by atoms with E-state index in [0.29, 0.717) is 23.5 Å². The second kappa shape index (κ2) is 6.87. The number of carbonyl (C=O) groups excluding carboxylic acids is 1. The molecule has 0 fully saturated rings. The first-order valence-corrected chi connectivity index (χ1v) is 7.30. The molecular weight excluding hydrogens is 360 g/mol. The summed E-state index contributed by atoms with van der Waals surface area (Å²) in [5.74, 6) is -1.74. The highest BCUT2D eigenvalue weighted by molar-refractivity contribution is 5.99. The zero-order valence-corrected chi connectivity index (χ0v) is 13.3. The second-order valence-corrected chi connectivity index (χ2v) is 5.21. The number of phenols is 1. The number of aromatic hydroxyl groups is 1. The normalized spacial score (nSPS) is 11.0. The number of fused-ring (bicyclic) bond motifs is 1. The number of H-pyrrole nitrogens is 1. The van der Waals surface area contributed by atoms with Crippen molar-refractivity contribution in [1.29, 1.82) is 0 Å². The van der Waals surface area contributed by atoms with Crippen LogP contribution in [0.4, 0.5) is 11.4 Å². The van der Waals surface area contributed by atoms with Gasteiger partial charge in [0.1, 0.15) is 0 Å². The van der Waals surface area contributed by atoms with Crippen molar-refractivity contribution in [3.63, 3.8) is 0 Å². The van der Waals surface area contributed by atoms with Crippen molar-refractivity contribution in [2.24, 2.45) is 5.10 Å². The van der Waals surface area contributed by atoms with Gasteiger partial charge < -0.3 is 10.1 Å². The fourth-order valence-electron chi connectivity index (χ4n) is 2.27. The van der Waals surface area contributed by atoms with Gasteiger partial charge in [0.05, 0.1) is 38.7 Å². The van der Waals surface area contributed by atoms with Crippen molar-refractivity contribution in [2.45, 2.75) is 0 Å². The average molecular weight is 370 g/mol. The highest BCUT2D eigenvalue weighted by atomic mass is 16.6. The van der Waals surface area contributed by atoms with Gasteiger partial charge in [-0.15, -0.1) is 0 Å². The number of imidazole rings is 1. The number of nitrogens with one attached hydrogen (secondary N) is 2. The first-order valence-electron chi connectivity index (χ1n) is 7.30. The lowest BCUT2D eigenvalue weighted by Gasteiger charge is -2.03. The molecule has 0 radical (unpaired) electrons. The molecule has 0 aliphatic carbocycles. The van der Waals surface area contributed by atoms with E-state index in [-0.39, 0.29) is 0 Å². The molecule has 1 amide bonds. The molecule has 27 heavy (non-hydrogen) atoms. The fourth-order valence-corrected chi connectivity index (χ4v) is 2.27. The Bertz CT molecular complexity index is 1070. The molecule has 12 heteroatoms. The van der Waals surface area contributed by atoms with Crippen molar-refractivity contribution in [1.82, 2.24) is 15.4 Å². The summed E-state index contributed by atoms with van der Waals surface area (Å²) in [6, 6.07) is 8.43. The Balaban J connectivity index is 1.85. The minimum atomic E-state index is -1.06. The van der Waals surface area contributed by atoms with Gasteiger partial charge in [0.25, 0.3) is 11.6 Å². The lowest BCUT2D eigenvalue weighted by molar-refractivity contribution is -0.394. The molecule has 0 aliphatic heterocycles. The van der Waals surface area contributed by atoms with E-state index in [9.17, 15) is 30.1 Å². The second-order valence-electron chi connectivity index (χ2n) is 5.21. The number of rotatable bonds is 5. The summed E-state index contributed by atoms with van der Waals surface area (Å²) < 4.78 is 0. The third-order valence-electron chi connectivity index (χ3n) is 3.49. The smallest absolute Gasteiger partial charge is 0.318 e. The molecule has 0 unspecified atom stereocenters. The number of carbonyl (C=O) groups is 1. The van der Waals surface area contributed by atoms with Crippen LogP contribution in [-0.2, 0) is 0 Å². The van der Waals surface area contributed by atoms with Crippen LogP contribution in [0.15, 0.2) is 41.5 Å². The fraction of sp³-hybridized carbons (Fsp3) is 0. The summed E-state index contributed by atoms with van der Waals surface area (Å²) in [5, 5.41) is 35.3. The number of hydrazone groups is 1. The number of nitrogens with zero attached hydrogens (tertiary/aromatic N) is 4. The van der Waals surface area contributed by atoms with Gasteiger partial charge in [-0.25, -0.2) is 10.4 Å². The van der Waals surface area contributed by atoms with Gasteiger partial charge >= 0.3 is 5.69 Å². The van der Waals surface area contributed by atoms with E-state index in [1.807, 2.05) is 5.43 Å². The third-order valence-corrected chi connectivity index (χ3v) is 3.49. The Labute approximate surface area is 149 Å². The predicted octanol–water partition coefficient (Wildman–Crippen LogP) is 1.85. The number of benzene rings is 2. The van der Waals surface area contributed by atoms with E-state index >= 15 is 0 Å². The van der Waals surface area contributed by atoms with Crippen molar-refractivity contribution in [3.8, 4) is 5.75 Å². The summed E-state index contributed by atoms with van der Waals surface area (Å²) in [4.78, 5) is 39.1. The lowest BCUT2D eigenvalue weighted by Crippen LogP contribution is -2.18. The van der Waals surface area contributed by atoms with Gasteiger partial charge in [0.15, 0.2) is 5.82 Å². The SMILES string of the molecule is O=C(N/N=C/c1nc2ccccc2[nH]1)c1cc([N+](=O)[O-])cc([N+](=O)[O-])c1O. The van der Waals surface area contributed by atoms with Crippen LogP contribution in [0.25, 0.3) is 11.0 Å². The minimum absolute atomic E-state index is 0.325.